The molecule has 0 radical (unpaired) electrons. The van der Waals surface area contributed by atoms with E-state index in [-0.39, 0.29) is 21.5 Å². The van der Waals surface area contributed by atoms with Crippen LogP contribution in [-0.2, 0) is 12.7 Å². The number of thiophene rings is 1. The molecule has 3 rings (SSSR count). The number of nitrogens with zero attached hydrogens (tertiary/aromatic N) is 2. The number of aryl methyl sites for hydroxylation is 1. The van der Waals surface area contributed by atoms with E-state index in [2.05, 4.69) is 15.3 Å². The quantitative estimate of drug-likeness (QED) is 0.689. The zero-order valence-electron chi connectivity index (χ0n) is 15.3. The van der Waals surface area contributed by atoms with Crippen molar-refractivity contribution in [2.24, 2.45) is 0 Å². The number of benzene rings is 1. The average Bonchev–Trinajstić information content (AvgIpc) is 2.91. The number of aromatic nitrogens is 2. The normalized spacial score (nSPS) is 12.0. The SMILES string of the molecule is Cc1c(C(=O)Nc2ccccc2C(F)(F)F)sc2nc(CN(C)C)[nH]c(=O)c12. The largest absolute Gasteiger partial charge is 0.418 e. The summed E-state index contributed by atoms with van der Waals surface area (Å²) in [5.74, 6) is -0.274. The molecule has 0 aliphatic rings. The monoisotopic (exact) mass is 410 g/mol. The number of halogens is 3. The summed E-state index contributed by atoms with van der Waals surface area (Å²) in [4.78, 5) is 34.4. The molecule has 0 spiro atoms. The van der Waals surface area contributed by atoms with Gasteiger partial charge in [0.15, 0.2) is 0 Å². The Morgan fingerprint density at radius 1 is 1.29 bits per heavy atom. The van der Waals surface area contributed by atoms with Crippen LogP contribution in [0.5, 0.6) is 0 Å². The molecule has 2 N–H and O–H groups in total. The van der Waals surface area contributed by atoms with Crippen molar-refractivity contribution in [1.29, 1.82) is 0 Å². The van der Waals surface area contributed by atoms with Crippen LogP contribution in [0.2, 0.25) is 0 Å². The van der Waals surface area contributed by atoms with Gasteiger partial charge in [-0.2, -0.15) is 13.2 Å². The fourth-order valence-corrected chi connectivity index (χ4v) is 3.89. The number of amides is 1. The van der Waals surface area contributed by atoms with E-state index in [4.69, 9.17) is 0 Å². The van der Waals surface area contributed by atoms with Gasteiger partial charge in [-0.3, -0.25) is 9.59 Å². The number of fused-ring (bicyclic) bond motifs is 1. The first-order valence-electron chi connectivity index (χ1n) is 8.22. The number of hydrogen-bond acceptors (Lipinski definition) is 5. The Hall–Kier alpha value is -2.72. The molecule has 148 valence electrons. The van der Waals surface area contributed by atoms with Crippen molar-refractivity contribution in [2.75, 3.05) is 19.4 Å². The van der Waals surface area contributed by atoms with E-state index in [1.807, 2.05) is 19.0 Å². The molecule has 0 aliphatic heterocycles. The predicted octanol–water partition coefficient (Wildman–Crippen LogP) is 3.63. The van der Waals surface area contributed by atoms with E-state index in [0.717, 1.165) is 17.4 Å². The molecular formula is C18H17F3N4O2S. The van der Waals surface area contributed by atoms with Gasteiger partial charge < -0.3 is 15.2 Å². The maximum absolute atomic E-state index is 13.1. The van der Waals surface area contributed by atoms with Crippen LogP contribution in [0.4, 0.5) is 18.9 Å². The molecule has 28 heavy (non-hydrogen) atoms. The first-order chi connectivity index (χ1) is 13.1. The lowest BCUT2D eigenvalue weighted by Gasteiger charge is -2.13. The minimum absolute atomic E-state index is 0.145. The Bertz CT molecular complexity index is 1100. The van der Waals surface area contributed by atoms with Crippen molar-refractivity contribution < 1.29 is 18.0 Å². The molecule has 2 heterocycles. The summed E-state index contributed by atoms with van der Waals surface area (Å²) >= 11 is 0.977. The Kier molecular flexibility index (Phi) is 5.26. The number of alkyl halides is 3. The molecule has 0 fully saturated rings. The number of hydrogen-bond donors (Lipinski definition) is 2. The summed E-state index contributed by atoms with van der Waals surface area (Å²) in [6.45, 7) is 1.98. The maximum atomic E-state index is 13.1. The van der Waals surface area contributed by atoms with Crippen LogP contribution in [0.15, 0.2) is 29.1 Å². The summed E-state index contributed by atoms with van der Waals surface area (Å²) in [7, 11) is 3.64. The maximum Gasteiger partial charge on any atom is 0.418 e. The highest BCUT2D eigenvalue weighted by molar-refractivity contribution is 7.20. The van der Waals surface area contributed by atoms with Gasteiger partial charge in [-0.1, -0.05) is 12.1 Å². The molecule has 0 saturated heterocycles. The zero-order valence-corrected chi connectivity index (χ0v) is 16.1. The van der Waals surface area contributed by atoms with E-state index in [1.54, 1.807) is 6.92 Å². The molecule has 6 nitrogen and oxygen atoms in total. The van der Waals surface area contributed by atoms with Gasteiger partial charge in [-0.25, -0.2) is 4.98 Å². The zero-order chi connectivity index (χ0) is 20.6. The van der Waals surface area contributed by atoms with Crippen LogP contribution in [-0.4, -0.2) is 34.9 Å². The number of carbonyl (C=O) groups excluding carboxylic acids is 1. The lowest BCUT2D eigenvalue weighted by Crippen LogP contribution is -2.18. The second kappa shape index (κ2) is 7.36. The Balaban J connectivity index is 2.01. The van der Waals surface area contributed by atoms with E-state index < -0.39 is 17.6 Å². The molecule has 0 atom stereocenters. The fourth-order valence-electron chi connectivity index (χ4n) is 2.80. The summed E-state index contributed by atoms with van der Waals surface area (Å²) in [5.41, 5.74) is -1.28. The second-order valence-electron chi connectivity index (χ2n) is 6.48. The Labute approximate surface area is 162 Å². The first kappa shape index (κ1) is 20.0. The molecule has 1 aromatic carbocycles. The van der Waals surface area contributed by atoms with Gasteiger partial charge in [0.2, 0.25) is 0 Å². The minimum atomic E-state index is -4.60. The predicted molar refractivity (Wildman–Crippen MR) is 102 cm³/mol. The van der Waals surface area contributed by atoms with Crippen molar-refractivity contribution in [3.05, 3.63) is 56.4 Å². The van der Waals surface area contributed by atoms with Gasteiger partial charge in [-0.05, 0) is 38.7 Å². The van der Waals surface area contributed by atoms with Crippen molar-refractivity contribution in [1.82, 2.24) is 14.9 Å². The van der Waals surface area contributed by atoms with Gasteiger partial charge >= 0.3 is 6.18 Å². The van der Waals surface area contributed by atoms with Gasteiger partial charge in [0.1, 0.15) is 10.7 Å². The van der Waals surface area contributed by atoms with Gasteiger partial charge in [0.05, 0.1) is 28.1 Å². The van der Waals surface area contributed by atoms with Crippen molar-refractivity contribution in [3.63, 3.8) is 0 Å². The second-order valence-corrected chi connectivity index (χ2v) is 7.48. The van der Waals surface area contributed by atoms with E-state index in [0.29, 0.717) is 22.8 Å². The lowest BCUT2D eigenvalue weighted by atomic mass is 10.1. The number of nitrogens with one attached hydrogen (secondary N) is 2. The molecule has 1 amide bonds. The Morgan fingerprint density at radius 3 is 2.61 bits per heavy atom. The average molecular weight is 410 g/mol. The van der Waals surface area contributed by atoms with Crippen LogP contribution in [0.3, 0.4) is 0 Å². The third kappa shape index (κ3) is 3.92. The summed E-state index contributed by atoms with van der Waals surface area (Å²) in [5, 5.41) is 2.57. The molecule has 2 aromatic heterocycles. The minimum Gasteiger partial charge on any atom is -0.321 e. The van der Waals surface area contributed by atoms with Gasteiger partial charge in [0, 0.05) is 0 Å². The van der Waals surface area contributed by atoms with Crippen LogP contribution in [0.1, 0.15) is 26.6 Å². The number of aromatic amines is 1. The van der Waals surface area contributed by atoms with E-state index >= 15 is 0 Å². The standard InChI is InChI=1S/C18H17F3N4O2S/c1-9-13-15(26)23-12(8-25(2)3)24-17(13)28-14(9)16(27)22-11-7-5-4-6-10(11)18(19,20)21/h4-7H,8H2,1-3H3,(H,22,27)(H,23,24,26). The molecule has 0 unspecified atom stereocenters. The molecule has 0 aliphatic carbocycles. The van der Waals surface area contributed by atoms with Crippen LogP contribution < -0.4 is 10.9 Å². The number of anilines is 1. The fraction of sp³-hybridized carbons (Fsp3) is 0.278. The third-order valence-electron chi connectivity index (χ3n) is 4.00. The first-order valence-corrected chi connectivity index (χ1v) is 9.04. The Morgan fingerprint density at radius 2 is 1.96 bits per heavy atom. The lowest BCUT2D eigenvalue weighted by molar-refractivity contribution is -0.136. The van der Waals surface area contributed by atoms with Crippen LogP contribution >= 0.6 is 11.3 Å². The van der Waals surface area contributed by atoms with E-state index in [1.165, 1.54) is 18.2 Å². The number of carbonyl (C=O) groups is 1. The highest BCUT2D eigenvalue weighted by Crippen LogP contribution is 2.35. The molecule has 10 heteroatoms. The molecular weight excluding hydrogens is 393 g/mol. The number of rotatable bonds is 4. The molecule has 0 saturated carbocycles. The third-order valence-corrected chi connectivity index (χ3v) is 5.19. The van der Waals surface area contributed by atoms with Gasteiger partial charge in [-0.15, -0.1) is 11.3 Å². The van der Waals surface area contributed by atoms with Crippen LogP contribution in [0.25, 0.3) is 10.2 Å². The van der Waals surface area contributed by atoms with Crippen molar-refractivity contribution in [2.45, 2.75) is 19.6 Å². The highest BCUT2D eigenvalue weighted by Gasteiger charge is 2.34. The van der Waals surface area contributed by atoms with E-state index in [9.17, 15) is 22.8 Å². The summed E-state index contributed by atoms with van der Waals surface area (Å²) < 4.78 is 39.4. The number of H-pyrrole nitrogens is 1. The topological polar surface area (TPSA) is 78.1 Å². The summed E-state index contributed by atoms with van der Waals surface area (Å²) in [6, 6.07) is 4.73. The van der Waals surface area contributed by atoms with Crippen molar-refractivity contribution >= 4 is 33.1 Å². The van der Waals surface area contributed by atoms with Gasteiger partial charge in [0.25, 0.3) is 11.5 Å². The summed E-state index contributed by atoms with van der Waals surface area (Å²) in [6.07, 6.45) is -4.60. The number of para-hydroxylation sites is 1. The van der Waals surface area contributed by atoms with Crippen LogP contribution in [0, 0.1) is 6.92 Å². The highest BCUT2D eigenvalue weighted by atomic mass is 32.1. The molecule has 3 aromatic rings. The molecule has 0 bridgehead atoms. The van der Waals surface area contributed by atoms with Crippen molar-refractivity contribution in [3.8, 4) is 0 Å². The smallest absolute Gasteiger partial charge is 0.321 e.